The summed E-state index contributed by atoms with van der Waals surface area (Å²) in [7, 11) is 0. The summed E-state index contributed by atoms with van der Waals surface area (Å²) in [5.74, 6) is 0.613. The van der Waals surface area contributed by atoms with Crippen LogP contribution in [0.15, 0.2) is 42.5 Å². The van der Waals surface area contributed by atoms with Gasteiger partial charge in [-0.15, -0.1) is 0 Å². The van der Waals surface area contributed by atoms with Gasteiger partial charge in [-0.3, -0.25) is 4.90 Å². The Kier molecular flexibility index (Phi) is 4.20. The number of hydrogen-bond donors (Lipinski definition) is 1. The summed E-state index contributed by atoms with van der Waals surface area (Å²) in [6.07, 6.45) is 3.78. The minimum Gasteiger partial charge on any atom is -0.384 e. The van der Waals surface area contributed by atoms with E-state index in [0.29, 0.717) is 11.9 Å². The summed E-state index contributed by atoms with van der Waals surface area (Å²) in [6, 6.07) is 15.3. The molecule has 0 spiro atoms. The third-order valence-electron chi connectivity index (χ3n) is 4.35. The zero-order chi connectivity index (χ0) is 14.7. The summed E-state index contributed by atoms with van der Waals surface area (Å²) >= 11 is 0. The van der Waals surface area contributed by atoms with Crippen molar-refractivity contribution in [2.24, 2.45) is 0 Å². The fraction of sp³-hybridized carbons (Fsp3) is 0.389. The van der Waals surface area contributed by atoms with Gasteiger partial charge in [-0.05, 0) is 43.5 Å². The Balaban J connectivity index is 1.84. The summed E-state index contributed by atoms with van der Waals surface area (Å²) < 4.78 is 0. The molecule has 0 aliphatic carbocycles. The van der Waals surface area contributed by atoms with Crippen molar-refractivity contribution in [3.8, 4) is 0 Å². The molecular formula is C18H23N3. The van der Waals surface area contributed by atoms with Crippen LogP contribution >= 0.6 is 0 Å². The van der Waals surface area contributed by atoms with Gasteiger partial charge in [0.25, 0.3) is 0 Å². The highest BCUT2D eigenvalue weighted by molar-refractivity contribution is 5.35. The molecule has 2 N–H and O–H groups in total. The molecule has 1 aromatic heterocycles. The first-order valence-corrected chi connectivity index (χ1v) is 7.75. The summed E-state index contributed by atoms with van der Waals surface area (Å²) in [5.41, 5.74) is 9.57. The van der Waals surface area contributed by atoms with E-state index in [1.54, 1.807) is 0 Å². The molecule has 0 saturated carbocycles. The van der Waals surface area contributed by atoms with Gasteiger partial charge in [0, 0.05) is 18.3 Å². The van der Waals surface area contributed by atoms with E-state index in [0.717, 1.165) is 18.8 Å². The summed E-state index contributed by atoms with van der Waals surface area (Å²) in [6.45, 7) is 4.24. The van der Waals surface area contributed by atoms with Gasteiger partial charge in [-0.2, -0.15) is 0 Å². The van der Waals surface area contributed by atoms with Crippen LogP contribution in [0.4, 0.5) is 5.82 Å². The number of piperidine rings is 1. The van der Waals surface area contributed by atoms with Crippen molar-refractivity contribution in [2.45, 2.75) is 38.8 Å². The normalized spacial score (nSPS) is 19.6. The lowest BCUT2D eigenvalue weighted by Crippen LogP contribution is -2.33. The largest absolute Gasteiger partial charge is 0.384 e. The number of aromatic nitrogens is 1. The summed E-state index contributed by atoms with van der Waals surface area (Å²) in [5, 5.41) is 0. The topological polar surface area (TPSA) is 42.1 Å². The lowest BCUT2D eigenvalue weighted by atomic mass is 9.93. The Morgan fingerprint density at radius 2 is 1.95 bits per heavy atom. The van der Waals surface area contributed by atoms with Crippen LogP contribution in [0.1, 0.15) is 42.1 Å². The van der Waals surface area contributed by atoms with Gasteiger partial charge in [-0.1, -0.05) is 42.8 Å². The fourth-order valence-corrected chi connectivity index (χ4v) is 3.29. The minimum absolute atomic E-state index is 0.465. The van der Waals surface area contributed by atoms with Crippen molar-refractivity contribution in [1.82, 2.24) is 9.88 Å². The van der Waals surface area contributed by atoms with Gasteiger partial charge >= 0.3 is 0 Å². The number of rotatable bonds is 3. The van der Waals surface area contributed by atoms with E-state index in [-0.39, 0.29) is 0 Å². The minimum atomic E-state index is 0.465. The van der Waals surface area contributed by atoms with Crippen LogP contribution < -0.4 is 5.73 Å². The molecule has 3 heteroatoms. The average Bonchev–Trinajstić information content (AvgIpc) is 2.49. The third kappa shape index (κ3) is 3.24. The molecule has 1 aliphatic heterocycles. The number of likely N-dealkylation sites (tertiary alicyclic amines) is 1. The highest BCUT2D eigenvalue weighted by atomic mass is 15.2. The van der Waals surface area contributed by atoms with Gasteiger partial charge in [0.15, 0.2) is 0 Å². The zero-order valence-electron chi connectivity index (χ0n) is 12.6. The molecule has 1 aromatic carbocycles. The Bertz CT molecular complexity index is 595. The first-order valence-electron chi connectivity index (χ1n) is 7.75. The molecule has 2 aromatic rings. The smallest absolute Gasteiger partial charge is 0.123 e. The van der Waals surface area contributed by atoms with E-state index < -0.39 is 0 Å². The van der Waals surface area contributed by atoms with Crippen LogP contribution in [-0.2, 0) is 6.54 Å². The van der Waals surface area contributed by atoms with Crippen molar-refractivity contribution >= 4 is 5.82 Å². The highest BCUT2D eigenvalue weighted by Gasteiger charge is 2.25. The predicted octanol–water partition coefficient (Wildman–Crippen LogP) is 3.70. The Morgan fingerprint density at radius 3 is 2.71 bits per heavy atom. The SMILES string of the molecule is Cc1nc(N)ccc1[C@@H]1CCCCN1Cc1ccccc1. The van der Waals surface area contributed by atoms with E-state index in [2.05, 4.69) is 53.2 Å². The van der Waals surface area contributed by atoms with Crippen molar-refractivity contribution in [3.63, 3.8) is 0 Å². The number of aryl methyl sites for hydroxylation is 1. The average molecular weight is 281 g/mol. The molecule has 0 bridgehead atoms. The monoisotopic (exact) mass is 281 g/mol. The molecule has 1 aliphatic rings. The molecular weight excluding hydrogens is 258 g/mol. The molecule has 0 radical (unpaired) electrons. The van der Waals surface area contributed by atoms with Crippen molar-refractivity contribution < 1.29 is 0 Å². The van der Waals surface area contributed by atoms with Gasteiger partial charge in [-0.25, -0.2) is 4.98 Å². The Labute approximate surface area is 126 Å². The van der Waals surface area contributed by atoms with E-state index in [1.165, 1.54) is 30.4 Å². The second-order valence-electron chi connectivity index (χ2n) is 5.88. The number of pyridine rings is 1. The van der Waals surface area contributed by atoms with E-state index in [4.69, 9.17) is 5.73 Å². The lowest BCUT2D eigenvalue weighted by Gasteiger charge is -2.36. The van der Waals surface area contributed by atoms with Crippen molar-refractivity contribution in [1.29, 1.82) is 0 Å². The number of nitrogen functional groups attached to an aromatic ring is 1. The third-order valence-corrected chi connectivity index (χ3v) is 4.35. The van der Waals surface area contributed by atoms with Crippen LogP contribution in [0.2, 0.25) is 0 Å². The van der Waals surface area contributed by atoms with Crippen LogP contribution in [0.25, 0.3) is 0 Å². The predicted molar refractivity (Wildman–Crippen MR) is 86.8 cm³/mol. The number of nitrogens with two attached hydrogens (primary N) is 1. The first-order chi connectivity index (χ1) is 10.2. The zero-order valence-corrected chi connectivity index (χ0v) is 12.6. The standard InChI is InChI=1S/C18H23N3/c1-14-16(10-11-18(19)20-14)17-9-5-6-12-21(17)13-15-7-3-2-4-8-15/h2-4,7-8,10-11,17H,5-6,9,12-13H2,1H3,(H2,19,20)/t17-/m0/s1. The highest BCUT2D eigenvalue weighted by Crippen LogP contribution is 2.33. The quantitative estimate of drug-likeness (QED) is 0.932. The second kappa shape index (κ2) is 6.27. The molecule has 2 heterocycles. The molecule has 1 saturated heterocycles. The number of nitrogens with zero attached hydrogens (tertiary/aromatic N) is 2. The molecule has 3 nitrogen and oxygen atoms in total. The van der Waals surface area contributed by atoms with Gasteiger partial charge in [0.2, 0.25) is 0 Å². The molecule has 0 unspecified atom stereocenters. The molecule has 3 rings (SSSR count). The Hall–Kier alpha value is -1.87. The fourth-order valence-electron chi connectivity index (χ4n) is 3.29. The maximum atomic E-state index is 5.79. The molecule has 21 heavy (non-hydrogen) atoms. The van der Waals surface area contributed by atoms with Crippen molar-refractivity contribution in [3.05, 3.63) is 59.3 Å². The first kappa shape index (κ1) is 14.1. The summed E-state index contributed by atoms with van der Waals surface area (Å²) in [4.78, 5) is 7.02. The van der Waals surface area contributed by atoms with Gasteiger partial charge in [0.1, 0.15) is 5.82 Å². The number of benzene rings is 1. The van der Waals surface area contributed by atoms with Crippen LogP contribution in [-0.4, -0.2) is 16.4 Å². The molecule has 1 atom stereocenters. The maximum Gasteiger partial charge on any atom is 0.123 e. The lowest BCUT2D eigenvalue weighted by molar-refractivity contribution is 0.139. The number of hydrogen-bond acceptors (Lipinski definition) is 3. The Morgan fingerprint density at radius 1 is 1.14 bits per heavy atom. The van der Waals surface area contributed by atoms with E-state index in [1.807, 2.05) is 6.07 Å². The molecule has 110 valence electrons. The van der Waals surface area contributed by atoms with Gasteiger partial charge in [0.05, 0.1) is 0 Å². The number of anilines is 1. The van der Waals surface area contributed by atoms with Gasteiger partial charge < -0.3 is 5.73 Å². The van der Waals surface area contributed by atoms with Crippen molar-refractivity contribution in [2.75, 3.05) is 12.3 Å². The van der Waals surface area contributed by atoms with E-state index in [9.17, 15) is 0 Å². The van der Waals surface area contributed by atoms with Crippen LogP contribution in [0.5, 0.6) is 0 Å². The van der Waals surface area contributed by atoms with Crippen LogP contribution in [0, 0.1) is 6.92 Å². The molecule has 1 fully saturated rings. The van der Waals surface area contributed by atoms with E-state index >= 15 is 0 Å². The molecule has 0 amide bonds. The second-order valence-corrected chi connectivity index (χ2v) is 5.88. The maximum absolute atomic E-state index is 5.79. The van der Waals surface area contributed by atoms with Crippen LogP contribution in [0.3, 0.4) is 0 Å².